The Balaban J connectivity index is 1.93. The van der Waals surface area contributed by atoms with E-state index >= 15 is 0 Å². The molecule has 3 aromatic rings. The van der Waals surface area contributed by atoms with Crippen LogP contribution in [0, 0.1) is 0 Å². The van der Waals surface area contributed by atoms with Crippen LogP contribution in [0.4, 0.5) is 0 Å². The van der Waals surface area contributed by atoms with Crippen molar-refractivity contribution in [3.05, 3.63) is 96.2 Å². The highest BCUT2D eigenvalue weighted by molar-refractivity contribution is 7.07. The van der Waals surface area contributed by atoms with Crippen LogP contribution in [0.5, 0.6) is 5.75 Å². The number of carbonyl (C=O) groups excluding carboxylic acids is 1. The molecular weight excluding hydrogens is 436 g/mol. The minimum atomic E-state index is -0.609. The number of carbonyl (C=O) groups is 1. The molecule has 170 valence electrons. The summed E-state index contributed by atoms with van der Waals surface area (Å²) in [4.78, 5) is 31.5. The maximum atomic E-state index is 13.6. The molecule has 0 aliphatic carbocycles. The first-order valence-electron chi connectivity index (χ1n) is 10.7. The summed E-state index contributed by atoms with van der Waals surface area (Å²) < 4.78 is 12.5. The van der Waals surface area contributed by atoms with E-state index in [1.807, 2.05) is 54.6 Å². The number of allylic oxidation sites excluding steroid dienone is 1. The lowest BCUT2D eigenvalue weighted by Crippen LogP contribution is -2.39. The second-order valence-corrected chi connectivity index (χ2v) is 9.18. The van der Waals surface area contributed by atoms with Gasteiger partial charge in [-0.25, -0.2) is 9.79 Å². The molecule has 1 atom stereocenters. The molecule has 33 heavy (non-hydrogen) atoms. The smallest absolute Gasteiger partial charge is 0.338 e. The Bertz CT molecular complexity index is 1410. The zero-order chi connectivity index (χ0) is 23.7. The van der Waals surface area contributed by atoms with Gasteiger partial charge in [0, 0.05) is 0 Å². The fourth-order valence-electron chi connectivity index (χ4n) is 3.95. The highest BCUT2D eigenvalue weighted by atomic mass is 32.1. The van der Waals surface area contributed by atoms with E-state index in [2.05, 4.69) is 18.8 Å². The monoisotopic (exact) mass is 462 g/mol. The van der Waals surface area contributed by atoms with Gasteiger partial charge in [0.15, 0.2) is 4.80 Å². The standard InChI is InChI=1S/C26H26N2O4S/c1-15(2)18-9-11-19(12-10-18)23-22(25(30)32-5)16(3)27-26-28(23)24(29)21(33-26)14-17-7-6-8-20(13-17)31-4/h6-15,23H,1-5H3/b21-14-. The molecule has 2 aromatic carbocycles. The molecule has 0 bridgehead atoms. The number of esters is 1. The van der Waals surface area contributed by atoms with Gasteiger partial charge >= 0.3 is 5.97 Å². The second-order valence-electron chi connectivity index (χ2n) is 8.17. The summed E-state index contributed by atoms with van der Waals surface area (Å²) in [7, 11) is 2.95. The first-order chi connectivity index (χ1) is 15.8. The average Bonchev–Trinajstić information content (AvgIpc) is 3.12. The lowest BCUT2D eigenvalue weighted by Gasteiger charge is -2.24. The van der Waals surface area contributed by atoms with Crippen LogP contribution in [-0.4, -0.2) is 24.8 Å². The summed E-state index contributed by atoms with van der Waals surface area (Å²) >= 11 is 1.30. The van der Waals surface area contributed by atoms with Crippen molar-refractivity contribution >= 4 is 23.4 Å². The Morgan fingerprint density at radius 1 is 1.15 bits per heavy atom. The third-order valence-electron chi connectivity index (χ3n) is 5.74. The van der Waals surface area contributed by atoms with Gasteiger partial charge in [-0.15, -0.1) is 0 Å². The van der Waals surface area contributed by atoms with Crippen LogP contribution < -0.4 is 19.6 Å². The molecule has 4 rings (SSSR count). The van der Waals surface area contributed by atoms with E-state index in [9.17, 15) is 9.59 Å². The first kappa shape index (κ1) is 22.7. The molecule has 1 aliphatic rings. The topological polar surface area (TPSA) is 69.9 Å². The van der Waals surface area contributed by atoms with Crippen LogP contribution in [0.2, 0.25) is 0 Å². The van der Waals surface area contributed by atoms with Crippen molar-refractivity contribution in [3.8, 4) is 5.75 Å². The largest absolute Gasteiger partial charge is 0.497 e. The van der Waals surface area contributed by atoms with Crippen molar-refractivity contribution in [2.75, 3.05) is 14.2 Å². The molecular formula is C26H26N2O4S. The van der Waals surface area contributed by atoms with E-state index in [1.54, 1.807) is 18.6 Å². The molecule has 0 amide bonds. The molecule has 0 N–H and O–H groups in total. The van der Waals surface area contributed by atoms with Crippen molar-refractivity contribution < 1.29 is 14.3 Å². The van der Waals surface area contributed by atoms with Crippen molar-refractivity contribution in [2.45, 2.75) is 32.7 Å². The lowest BCUT2D eigenvalue weighted by atomic mass is 9.93. The van der Waals surface area contributed by atoms with Crippen LogP contribution in [0.3, 0.4) is 0 Å². The quantitative estimate of drug-likeness (QED) is 0.544. The van der Waals surface area contributed by atoms with Gasteiger partial charge in [0.2, 0.25) is 0 Å². The molecule has 0 saturated heterocycles. The van der Waals surface area contributed by atoms with Crippen molar-refractivity contribution in [1.29, 1.82) is 0 Å². The number of thiazole rings is 1. The molecule has 7 heteroatoms. The highest BCUT2D eigenvalue weighted by Crippen LogP contribution is 2.31. The van der Waals surface area contributed by atoms with E-state index in [-0.39, 0.29) is 5.56 Å². The van der Waals surface area contributed by atoms with Crippen LogP contribution in [0.25, 0.3) is 6.08 Å². The Labute approximate surface area is 196 Å². The summed E-state index contributed by atoms with van der Waals surface area (Å²) in [6.07, 6.45) is 1.82. The zero-order valence-corrected chi connectivity index (χ0v) is 20.1. The molecule has 1 unspecified atom stereocenters. The molecule has 0 spiro atoms. The minimum Gasteiger partial charge on any atom is -0.497 e. The highest BCUT2D eigenvalue weighted by Gasteiger charge is 2.33. The first-order valence-corrected chi connectivity index (χ1v) is 11.5. The minimum absolute atomic E-state index is 0.201. The van der Waals surface area contributed by atoms with E-state index in [4.69, 9.17) is 9.47 Å². The van der Waals surface area contributed by atoms with Gasteiger partial charge in [-0.3, -0.25) is 9.36 Å². The molecule has 0 radical (unpaired) electrons. The van der Waals surface area contributed by atoms with E-state index < -0.39 is 12.0 Å². The molecule has 1 aliphatic heterocycles. The number of fused-ring (bicyclic) bond motifs is 1. The summed E-state index contributed by atoms with van der Waals surface area (Å²) in [5, 5.41) is 0. The maximum absolute atomic E-state index is 13.6. The van der Waals surface area contributed by atoms with Gasteiger partial charge in [0.25, 0.3) is 5.56 Å². The normalized spacial score (nSPS) is 15.9. The third-order valence-corrected chi connectivity index (χ3v) is 6.72. The van der Waals surface area contributed by atoms with E-state index in [0.29, 0.717) is 32.3 Å². The van der Waals surface area contributed by atoms with Crippen LogP contribution in [0.1, 0.15) is 49.4 Å². The Morgan fingerprint density at radius 3 is 2.52 bits per heavy atom. The lowest BCUT2D eigenvalue weighted by molar-refractivity contribution is -0.136. The number of aromatic nitrogens is 1. The fourth-order valence-corrected chi connectivity index (χ4v) is 5.00. The molecule has 1 aromatic heterocycles. The number of hydrogen-bond acceptors (Lipinski definition) is 6. The van der Waals surface area contributed by atoms with Gasteiger partial charge in [-0.2, -0.15) is 0 Å². The summed E-state index contributed by atoms with van der Waals surface area (Å²) in [5.74, 6) is 0.598. The van der Waals surface area contributed by atoms with Gasteiger partial charge in [0.1, 0.15) is 5.75 Å². The predicted molar refractivity (Wildman–Crippen MR) is 129 cm³/mol. The fraction of sp³-hybridized carbons (Fsp3) is 0.269. The second kappa shape index (κ2) is 9.19. The van der Waals surface area contributed by atoms with Gasteiger partial charge < -0.3 is 9.47 Å². The van der Waals surface area contributed by atoms with Crippen LogP contribution in [-0.2, 0) is 9.53 Å². The number of benzene rings is 2. The van der Waals surface area contributed by atoms with Gasteiger partial charge in [-0.05, 0) is 47.7 Å². The molecule has 0 saturated carbocycles. The average molecular weight is 463 g/mol. The summed E-state index contributed by atoms with van der Waals surface area (Å²) in [5.41, 5.74) is 3.59. The van der Waals surface area contributed by atoms with Crippen LogP contribution >= 0.6 is 11.3 Å². The maximum Gasteiger partial charge on any atom is 0.338 e. The molecule has 2 heterocycles. The number of nitrogens with zero attached hydrogens (tertiary/aromatic N) is 2. The predicted octanol–water partition coefficient (Wildman–Crippen LogP) is 3.54. The zero-order valence-electron chi connectivity index (χ0n) is 19.3. The number of ether oxygens (including phenoxy) is 2. The number of hydrogen-bond donors (Lipinski definition) is 0. The van der Waals surface area contributed by atoms with E-state index in [0.717, 1.165) is 11.1 Å². The third kappa shape index (κ3) is 4.28. The van der Waals surface area contributed by atoms with Crippen LogP contribution in [0.15, 0.2) is 69.6 Å². The van der Waals surface area contributed by atoms with Crippen molar-refractivity contribution in [1.82, 2.24) is 4.57 Å². The summed E-state index contributed by atoms with van der Waals surface area (Å²) in [6, 6.07) is 14.9. The Morgan fingerprint density at radius 2 is 1.88 bits per heavy atom. The number of methoxy groups -OCH3 is 2. The Kier molecular flexibility index (Phi) is 6.33. The van der Waals surface area contributed by atoms with E-state index in [1.165, 1.54) is 24.0 Å². The molecule has 0 fully saturated rings. The van der Waals surface area contributed by atoms with Gasteiger partial charge in [-0.1, -0.05) is 61.6 Å². The SMILES string of the molecule is COC(=O)C1=C(C)N=c2s/c(=C\c3cccc(OC)c3)c(=O)n2C1c1ccc(C(C)C)cc1. The van der Waals surface area contributed by atoms with Gasteiger partial charge in [0.05, 0.1) is 36.1 Å². The number of rotatable bonds is 5. The molecule has 6 nitrogen and oxygen atoms in total. The summed E-state index contributed by atoms with van der Waals surface area (Å²) in [6.45, 7) is 6.03. The Hall–Kier alpha value is -3.45. The van der Waals surface area contributed by atoms with Crippen molar-refractivity contribution in [3.63, 3.8) is 0 Å². The van der Waals surface area contributed by atoms with Crippen molar-refractivity contribution in [2.24, 2.45) is 4.99 Å².